The molecule has 0 aromatic rings. The average Bonchev–Trinajstić information content (AvgIpc) is 2.02. The quantitative estimate of drug-likeness (QED) is 0.443. The summed E-state index contributed by atoms with van der Waals surface area (Å²) in [4.78, 5) is 11.2. The van der Waals surface area contributed by atoms with E-state index in [2.05, 4.69) is 6.08 Å². The number of carbonyl (C=O) groups excluding carboxylic acids is 1. The summed E-state index contributed by atoms with van der Waals surface area (Å²) in [5.41, 5.74) is 0. The van der Waals surface area contributed by atoms with E-state index in [1.807, 2.05) is 6.08 Å². The fraction of sp³-hybridized carbons (Fsp3) is 0.700. The summed E-state index contributed by atoms with van der Waals surface area (Å²) in [6.45, 7) is 0. The van der Waals surface area contributed by atoms with E-state index < -0.39 is 0 Å². The fourth-order valence-corrected chi connectivity index (χ4v) is 1.51. The monoisotopic (exact) mass is 168 g/mol. The number of methoxy groups -OCH3 is 1. The third-order valence-corrected chi connectivity index (χ3v) is 2.26. The minimum absolute atomic E-state index is 0.00954. The van der Waals surface area contributed by atoms with E-state index in [-0.39, 0.29) is 11.9 Å². The minimum Gasteiger partial charge on any atom is -0.469 e. The van der Waals surface area contributed by atoms with Crippen LogP contribution in [0.15, 0.2) is 12.2 Å². The lowest BCUT2D eigenvalue weighted by molar-refractivity contribution is -0.144. The molecule has 0 aromatic carbocycles. The summed E-state index contributed by atoms with van der Waals surface area (Å²) in [6, 6.07) is 0. The molecule has 0 heterocycles. The molecule has 12 heavy (non-hydrogen) atoms. The van der Waals surface area contributed by atoms with Crippen molar-refractivity contribution in [2.75, 3.05) is 7.11 Å². The predicted octanol–water partition coefficient (Wildman–Crippen LogP) is 2.30. The molecule has 0 aromatic heterocycles. The third-order valence-electron chi connectivity index (χ3n) is 2.26. The minimum atomic E-state index is -0.0897. The standard InChI is InChI=1S/C10H16O2/c1-12-10(11)9-7-5-3-2-4-6-8-9/h5,7,9H,2-4,6,8H2,1H3/b7-5-. The van der Waals surface area contributed by atoms with Gasteiger partial charge in [-0.3, -0.25) is 4.79 Å². The van der Waals surface area contributed by atoms with Gasteiger partial charge in [-0.15, -0.1) is 0 Å². The molecular formula is C10H16O2. The molecule has 1 aliphatic rings. The highest BCUT2D eigenvalue weighted by Gasteiger charge is 2.15. The van der Waals surface area contributed by atoms with Crippen molar-refractivity contribution in [3.63, 3.8) is 0 Å². The lowest BCUT2D eigenvalue weighted by atomic mass is 9.97. The first kappa shape index (κ1) is 9.30. The molecule has 1 atom stereocenters. The maximum atomic E-state index is 11.2. The topological polar surface area (TPSA) is 26.3 Å². The molecule has 0 saturated heterocycles. The lowest BCUT2D eigenvalue weighted by Gasteiger charge is -2.12. The smallest absolute Gasteiger partial charge is 0.312 e. The van der Waals surface area contributed by atoms with Crippen LogP contribution < -0.4 is 0 Å². The molecule has 2 heteroatoms. The van der Waals surface area contributed by atoms with Gasteiger partial charge in [0.2, 0.25) is 0 Å². The van der Waals surface area contributed by atoms with Gasteiger partial charge in [0.1, 0.15) is 0 Å². The van der Waals surface area contributed by atoms with Gasteiger partial charge in [-0.25, -0.2) is 0 Å². The van der Waals surface area contributed by atoms with Crippen molar-refractivity contribution in [1.29, 1.82) is 0 Å². The van der Waals surface area contributed by atoms with Crippen molar-refractivity contribution in [3.8, 4) is 0 Å². The summed E-state index contributed by atoms with van der Waals surface area (Å²) < 4.78 is 4.70. The Morgan fingerprint density at radius 1 is 1.42 bits per heavy atom. The zero-order valence-electron chi connectivity index (χ0n) is 7.58. The second kappa shape index (κ2) is 4.96. The van der Waals surface area contributed by atoms with E-state index in [0.29, 0.717) is 0 Å². The molecule has 1 aliphatic carbocycles. The molecule has 0 spiro atoms. The summed E-state index contributed by atoms with van der Waals surface area (Å²) >= 11 is 0. The molecule has 0 bridgehead atoms. The zero-order chi connectivity index (χ0) is 8.81. The van der Waals surface area contributed by atoms with Crippen LogP contribution in [-0.4, -0.2) is 13.1 Å². The Balaban J connectivity index is 2.48. The summed E-state index contributed by atoms with van der Waals surface area (Å²) in [6.07, 6.45) is 9.77. The van der Waals surface area contributed by atoms with E-state index >= 15 is 0 Å². The maximum absolute atomic E-state index is 11.2. The van der Waals surface area contributed by atoms with Crippen LogP contribution in [0, 0.1) is 5.92 Å². The number of hydrogen-bond donors (Lipinski definition) is 0. The Hall–Kier alpha value is -0.790. The van der Waals surface area contributed by atoms with Crippen molar-refractivity contribution in [2.45, 2.75) is 32.1 Å². The second-order valence-corrected chi connectivity index (χ2v) is 3.20. The van der Waals surface area contributed by atoms with Gasteiger partial charge in [0.25, 0.3) is 0 Å². The molecule has 0 amide bonds. The van der Waals surface area contributed by atoms with Crippen LogP contribution in [0.2, 0.25) is 0 Å². The number of ether oxygens (including phenoxy) is 1. The lowest BCUT2D eigenvalue weighted by Crippen LogP contribution is -2.14. The van der Waals surface area contributed by atoms with Gasteiger partial charge in [0.05, 0.1) is 13.0 Å². The second-order valence-electron chi connectivity index (χ2n) is 3.20. The Morgan fingerprint density at radius 2 is 2.25 bits per heavy atom. The van der Waals surface area contributed by atoms with Gasteiger partial charge < -0.3 is 4.74 Å². The Bertz CT molecular complexity index is 173. The summed E-state index contributed by atoms with van der Waals surface area (Å²) in [5, 5.41) is 0. The SMILES string of the molecule is COC(=O)C1/C=C\CCCCC1. The van der Waals surface area contributed by atoms with Crippen molar-refractivity contribution >= 4 is 5.97 Å². The van der Waals surface area contributed by atoms with Crippen LogP contribution in [0.3, 0.4) is 0 Å². The number of hydrogen-bond acceptors (Lipinski definition) is 2. The average molecular weight is 168 g/mol. The van der Waals surface area contributed by atoms with Crippen molar-refractivity contribution in [1.82, 2.24) is 0 Å². The molecule has 1 rings (SSSR count). The first-order valence-electron chi connectivity index (χ1n) is 4.59. The molecule has 0 fully saturated rings. The van der Waals surface area contributed by atoms with Gasteiger partial charge in [-0.05, 0) is 19.3 Å². The molecule has 2 nitrogen and oxygen atoms in total. The first-order valence-corrected chi connectivity index (χ1v) is 4.59. The van der Waals surface area contributed by atoms with E-state index in [4.69, 9.17) is 4.74 Å². The van der Waals surface area contributed by atoms with Crippen LogP contribution in [0.1, 0.15) is 32.1 Å². The highest BCUT2D eigenvalue weighted by molar-refractivity contribution is 5.74. The first-order chi connectivity index (χ1) is 5.84. The molecule has 0 N–H and O–H groups in total. The summed E-state index contributed by atoms with van der Waals surface area (Å²) in [7, 11) is 1.45. The Kier molecular flexibility index (Phi) is 3.85. The molecular weight excluding hydrogens is 152 g/mol. The van der Waals surface area contributed by atoms with Gasteiger partial charge in [-0.2, -0.15) is 0 Å². The maximum Gasteiger partial charge on any atom is 0.312 e. The molecule has 0 aliphatic heterocycles. The normalized spacial score (nSPS) is 26.9. The molecule has 0 radical (unpaired) electrons. The van der Waals surface area contributed by atoms with Crippen LogP contribution >= 0.6 is 0 Å². The van der Waals surface area contributed by atoms with Crippen molar-refractivity contribution < 1.29 is 9.53 Å². The number of esters is 1. The van der Waals surface area contributed by atoms with Gasteiger partial charge in [0, 0.05) is 0 Å². The zero-order valence-corrected chi connectivity index (χ0v) is 7.58. The van der Waals surface area contributed by atoms with E-state index in [0.717, 1.165) is 19.3 Å². The Morgan fingerprint density at radius 3 is 3.00 bits per heavy atom. The van der Waals surface area contributed by atoms with E-state index in [1.165, 1.54) is 20.0 Å². The van der Waals surface area contributed by atoms with Crippen molar-refractivity contribution in [3.05, 3.63) is 12.2 Å². The van der Waals surface area contributed by atoms with E-state index in [1.54, 1.807) is 0 Å². The highest BCUT2D eigenvalue weighted by atomic mass is 16.5. The highest BCUT2D eigenvalue weighted by Crippen LogP contribution is 2.17. The predicted molar refractivity (Wildman–Crippen MR) is 47.7 cm³/mol. The van der Waals surface area contributed by atoms with Crippen molar-refractivity contribution in [2.24, 2.45) is 5.92 Å². The molecule has 1 unspecified atom stereocenters. The van der Waals surface area contributed by atoms with E-state index in [9.17, 15) is 4.79 Å². The van der Waals surface area contributed by atoms with Crippen LogP contribution in [0.5, 0.6) is 0 Å². The van der Waals surface area contributed by atoms with Gasteiger partial charge in [0.15, 0.2) is 0 Å². The molecule has 0 saturated carbocycles. The van der Waals surface area contributed by atoms with Crippen LogP contribution in [-0.2, 0) is 9.53 Å². The fourth-order valence-electron chi connectivity index (χ4n) is 1.51. The number of rotatable bonds is 1. The number of carbonyl (C=O) groups is 1. The van der Waals surface area contributed by atoms with Crippen LogP contribution in [0.25, 0.3) is 0 Å². The molecule has 68 valence electrons. The van der Waals surface area contributed by atoms with Crippen LogP contribution in [0.4, 0.5) is 0 Å². The van der Waals surface area contributed by atoms with Gasteiger partial charge >= 0.3 is 5.97 Å². The third kappa shape index (κ3) is 2.68. The summed E-state index contributed by atoms with van der Waals surface area (Å²) in [5.74, 6) is -0.0801. The Labute approximate surface area is 73.6 Å². The number of allylic oxidation sites excluding steroid dienone is 1. The largest absolute Gasteiger partial charge is 0.469 e. The van der Waals surface area contributed by atoms with Gasteiger partial charge in [-0.1, -0.05) is 25.0 Å².